The SMILES string of the molecule is C=C(C)CC(O)c1ccc2c(c1)OCO2. The number of fused-ring (bicyclic) bond motifs is 1. The van der Waals surface area contributed by atoms with Crippen LogP contribution in [0.25, 0.3) is 0 Å². The third-order valence-corrected chi connectivity index (χ3v) is 2.32. The minimum Gasteiger partial charge on any atom is -0.454 e. The Labute approximate surface area is 88.9 Å². The van der Waals surface area contributed by atoms with Crippen molar-refractivity contribution >= 4 is 0 Å². The van der Waals surface area contributed by atoms with Crippen molar-refractivity contribution in [2.75, 3.05) is 6.79 Å². The molecule has 3 nitrogen and oxygen atoms in total. The van der Waals surface area contributed by atoms with Crippen LogP contribution >= 0.6 is 0 Å². The molecule has 1 aliphatic heterocycles. The topological polar surface area (TPSA) is 38.7 Å². The minimum atomic E-state index is -0.517. The summed E-state index contributed by atoms with van der Waals surface area (Å²) in [5.41, 5.74) is 1.79. The lowest BCUT2D eigenvalue weighted by Crippen LogP contribution is -1.97. The van der Waals surface area contributed by atoms with Gasteiger partial charge in [0.2, 0.25) is 6.79 Å². The highest BCUT2D eigenvalue weighted by Gasteiger charge is 2.16. The third kappa shape index (κ3) is 2.13. The first kappa shape index (κ1) is 10.1. The number of aliphatic hydroxyl groups excluding tert-OH is 1. The van der Waals surface area contributed by atoms with Crippen LogP contribution in [0.1, 0.15) is 25.0 Å². The first-order valence-corrected chi connectivity index (χ1v) is 4.89. The lowest BCUT2D eigenvalue weighted by Gasteiger charge is -2.11. The Kier molecular flexibility index (Phi) is 2.64. The van der Waals surface area contributed by atoms with E-state index >= 15 is 0 Å². The van der Waals surface area contributed by atoms with Gasteiger partial charge in [-0.05, 0) is 31.0 Å². The molecule has 3 heteroatoms. The van der Waals surface area contributed by atoms with Crippen LogP contribution in [0, 0.1) is 0 Å². The maximum atomic E-state index is 9.86. The zero-order chi connectivity index (χ0) is 10.8. The zero-order valence-electron chi connectivity index (χ0n) is 8.69. The van der Waals surface area contributed by atoms with Gasteiger partial charge in [-0.2, -0.15) is 0 Å². The Morgan fingerprint density at radius 1 is 1.47 bits per heavy atom. The summed E-state index contributed by atoms with van der Waals surface area (Å²) in [6.07, 6.45) is 0.0524. The summed E-state index contributed by atoms with van der Waals surface area (Å²) < 4.78 is 10.4. The predicted molar refractivity (Wildman–Crippen MR) is 57.0 cm³/mol. The van der Waals surface area contributed by atoms with Crippen molar-refractivity contribution in [2.45, 2.75) is 19.4 Å². The van der Waals surface area contributed by atoms with Crippen LogP contribution < -0.4 is 9.47 Å². The van der Waals surface area contributed by atoms with Crippen LogP contribution in [-0.4, -0.2) is 11.9 Å². The fourth-order valence-corrected chi connectivity index (χ4v) is 1.57. The summed E-state index contributed by atoms with van der Waals surface area (Å²) in [6, 6.07) is 5.48. The average molecular weight is 206 g/mol. The number of rotatable bonds is 3. The summed E-state index contributed by atoms with van der Waals surface area (Å²) >= 11 is 0. The molecular weight excluding hydrogens is 192 g/mol. The van der Waals surface area contributed by atoms with Crippen molar-refractivity contribution in [1.82, 2.24) is 0 Å². The third-order valence-electron chi connectivity index (χ3n) is 2.32. The van der Waals surface area contributed by atoms with E-state index in [0.29, 0.717) is 12.2 Å². The van der Waals surface area contributed by atoms with E-state index < -0.39 is 6.10 Å². The molecule has 1 unspecified atom stereocenters. The van der Waals surface area contributed by atoms with Gasteiger partial charge < -0.3 is 14.6 Å². The lowest BCUT2D eigenvalue weighted by atomic mass is 10.0. The number of ether oxygens (including phenoxy) is 2. The second-order valence-corrected chi connectivity index (χ2v) is 3.79. The molecule has 0 bridgehead atoms. The van der Waals surface area contributed by atoms with Crippen molar-refractivity contribution in [3.63, 3.8) is 0 Å². The van der Waals surface area contributed by atoms with Gasteiger partial charge in [0.25, 0.3) is 0 Å². The molecular formula is C12H14O3. The van der Waals surface area contributed by atoms with Gasteiger partial charge in [-0.25, -0.2) is 0 Å². The summed E-state index contributed by atoms with van der Waals surface area (Å²) in [5, 5.41) is 9.86. The van der Waals surface area contributed by atoms with E-state index in [1.165, 1.54) is 0 Å². The van der Waals surface area contributed by atoms with Gasteiger partial charge in [-0.3, -0.25) is 0 Å². The van der Waals surface area contributed by atoms with Crippen molar-refractivity contribution in [3.05, 3.63) is 35.9 Å². The molecule has 80 valence electrons. The average Bonchev–Trinajstić information content (AvgIpc) is 2.62. The molecule has 1 N–H and O–H groups in total. The fourth-order valence-electron chi connectivity index (χ4n) is 1.57. The molecule has 0 aliphatic carbocycles. The molecule has 15 heavy (non-hydrogen) atoms. The molecule has 0 aromatic heterocycles. The van der Waals surface area contributed by atoms with Crippen molar-refractivity contribution in [1.29, 1.82) is 0 Å². The van der Waals surface area contributed by atoms with E-state index in [0.717, 1.165) is 16.9 Å². The molecule has 1 aromatic rings. The maximum Gasteiger partial charge on any atom is 0.231 e. The van der Waals surface area contributed by atoms with E-state index in [4.69, 9.17) is 9.47 Å². The number of aliphatic hydroxyl groups is 1. The van der Waals surface area contributed by atoms with Crippen LogP contribution in [0.3, 0.4) is 0 Å². The second-order valence-electron chi connectivity index (χ2n) is 3.79. The van der Waals surface area contributed by atoms with Gasteiger partial charge in [0.1, 0.15) is 0 Å². The van der Waals surface area contributed by atoms with Crippen molar-refractivity contribution < 1.29 is 14.6 Å². The Morgan fingerprint density at radius 2 is 2.20 bits per heavy atom. The monoisotopic (exact) mass is 206 g/mol. The van der Waals surface area contributed by atoms with Gasteiger partial charge in [0, 0.05) is 0 Å². The largest absolute Gasteiger partial charge is 0.454 e. The van der Waals surface area contributed by atoms with Crippen LogP contribution in [0.4, 0.5) is 0 Å². The molecule has 1 aliphatic rings. The molecule has 2 rings (SSSR count). The standard InChI is InChI=1S/C12H14O3/c1-8(2)5-10(13)9-3-4-11-12(6-9)15-7-14-11/h3-4,6,10,13H,1,5,7H2,2H3. The highest BCUT2D eigenvalue weighted by molar-refractivity contribution is 5.45. The Hall–Kier alpha value is -1.48. The second kappa shape index (κ2) is 3.95. The smallest absolute Gasteiger partial charge is 0.231 e. The molecule has 0 radical (unpaired) electrons. The van der Waals surface area contributed by atoms with Gasteiger partial charge in [0.05, 0.1) is 6.10 Å². The van der Waals surface area contributed by atoms with Crippen molar-refractivity contribution in [2.24, 2.45) is 0 Å². The summed E-state index contributed by atoms with van der Waals surface area (Å²) in [5.74, 6) is 1.44. The van der Waals surface area contributed by atoms with Crippen LogP contribution in [0.2, 0.25) is 0 Å². The number of hydrogen-bond acceptors (Lipinski definition) is 3. The quantitative estimate of drug-likeness (QED) is 0.772. The van der Waals surface area contributed by atoms with E-state index in [2.05, 4.69) is 6.58 Å². The molecule has 1 aromatic carbocycles. The van der Waals surface area contributed by atoms with Crippen LogP contribution in [-0.2, 0) is 0 Å². The molecule has 0 spiro atoms. The Morgan fingerprint density at radius 3 is 2.93 bits per heavy atom. The first-order valence-electron chi connectivity index (χ1n) is 4.89. The summed E-state index contributed by atoms with van der Waals surface area (Å²) in [7, 11) is 0. The molecule has 0 saturated heterocycles. The number of benzene rings is 1. The van der Waals surface area contributed by atoms with E-state index in [1.807, 2.05) is 25.1 Å². The molecule has 1 atom stereocenters. The molecule has 0 saturated carbocycles. The molecule has 1 heterocycles. The number of hydrogen-bond donors (Lipinski definition) is 1. The zero-order valence-corrected chi connectivity index (χ0v) is 8.69. The normalized spacial score (nSPS) is 15.1. The highest BCUT2D eigenvalue weighted by Crippen LogP contribution is 2.35. The first-order chi connectivity index (χ1) is 7.16. The Bertz CT molecular complexity index is 384. The summed E-state index contributed by atoms with van der Waals surface area (Å²) in [6.45, 7) is 5.94. The van der Waals surface area contributed by atoms with Gasteiger partial charge in [-0.1, -0.05) is 11.6 Å². The van der Waals surface area contributed by atoms with E-state index in [-0.39, 0.29) is 6.79 Å². The van der Waals surface area contributed by atoms with E-state index in [9.17, 15) is 5.11 Å². The Balaban J connectivity index is 2.19. The summed E-state index contributed by atoms with van der Waals surface area (Å²) in [4.78, 5) is 0. The van der Waals surface area contributed by atoms with Gasteiger partial charge in [0.15, 0.2) is 11.5 Å². The van der Waals surface area contributed by atoms with Crippen LogP contribution in [0.5, 0.6) is 11.5 Å². The van der Waals surface area contributed by atoms with E-state index in [1.54, 1.807) is 0 Å². The van der Waals surface area contributed by atoms with Crippen molar-refractivity contribution in [3.8, 4) is 11.5 Å². The minimum absolute atomic E-state index is 0.259. The molecule has 0 amide bonds. The molecule has 0 fully saturated rings. The predicted octanol–water partition coefficient (Wildman–Crippen LogP) is 2.41. The maximum absolute atomic E-state index is 9.86. The lowest BCUT2D eigenvalue weighted by molar-refractivity contribution is 0.171. The van der Waals surface area contributed by atoms with Gasteiger partial charge >= 0.3 is 0 Å². The van der Waals surface area contributed by atoms with Gasteiger partial charge in [-0.15, -0.1) is 6.58 Å². The highest BCUT2D eigenvalue weighted by atomic mass is 16.7. The van der Waals surface area contributed by atoms with Crippen LogP contribution in [0.15, 0.2) is 30.4 Å². The fraction of sp³-hybridized carbons (Fsp3) is 0.333.